The second-order valence-electron chi connectivity index (χ2n) is 6.64. The maximum Gasteiger partial charge on any atom is 0.471 e. The summed E-state index contributed by atoms with van der Waals surface area (Å²) in [5.41, 5.74) is 2.83. The van der Waals surface area contributed by atoms with Gasteiger partial charge in [-0.15, -0.1) is 22.7 Å². The smallest absolute Gasteiger partial charge is 0.365 e. The summed E-state index contributed by atoms with van der Waals surface area (Å²) in [5, 5.41) is 7.14. The van der Waals surface area contributed by atoms with Crippen molar-refractivity contribution in [3.8, 4) is 10.6 Å². The molecular weight excluding hydrogens is 449 g/mol. The number of carbonyl (C=O) groups excluding carboxylic acids is 2. The Hall–Kier alpha value is -2.79. The van der Waals surface area contributed by atoms with Gasteiger partial charge in [-0.2, -0.15) is 13.2 Å². The number of benzene rings is 1. The van der Waals surface area contributed by atoms with E-state index in [9.17, 15) is 22.8 Å². The predicted molar refractivity (Wildman–Crippen MR) is 116 cm³/mol. The second kappa shape index (κ2) is 9.15. The summed E-state index contributed by atoms with van der Waals surface area (Å²) >= 11 is 3.32. The van der Waals surface area contributed by atoms with Crippen LogP contribution in [0.5, 0.6) is 0 Å². The molecular formula is C20H19F3N4O2S2. The lowest BCUT2D eigenvalue weighted by Crippen LogP contribution is -2.46. The third-order valence-electron chi connectivity index (χ3n) is 4.48. The van der Waals surface area contributed by atoms with Crippen LogP contribution in [-0.4, -0.2) is 41.4 Å². The van der Waals surface area contributed by atoms with Gasteiger partial charge in [0.15, 0.2) is 5.13 Å². The first kappa shape index (κ1) is 22.9. The number of fused-ring (bicyclic) bond motifs is 1. The molecule has 1 amide bonds. The van der Waals surface area contributed by atoms with E-state index >= 15 is 0 Å². The fraction of sp³-hybridized carbons (Fsp3) is 0.300. The lowest BCUT2D eigenvalue weighted by molar-refractivity contribution is -0.170. The molecule has 3 aromatic rings. The fourth-order valence-electron chi connectivity index (χ4n) is 3.18. The number of hydrogen-bond donors (Lipinski definition) is 1. The minimum Gasteiger partial charge on any atom is -0.365 e. The van der Waals surface area contributed by atoms with Gasteiger partial charge in [0.2, 0.25) is 0 Å². The van der Waals surface area contributed by atoms with Crippen molar-refractivity contribution in [1.29, 1.82) is 0 Å². The molecule has 0 spiro atoms. The number of hydrogen-bond acceptors (Lipinski definition) is 7. The highest BCUT2D eigenvalue weighted by molar-refractivity contribution is 7.16. The molecule has 1 N–H and O–H groups in total. The van der Waals surface area contributed by atoms with Gasteiger partial charge >= 0.3 is 12.1 Å². The summed E-state index contributed by atoms with van der Waals surface area (Å²) in [6, 6.07) is 5.13. The molecule has 1 atom stereocenters. The van der Waals surface area contributed by atoms with Crippen LogP contribution < -0.4 is 10.2 Å². The molecule has 0 aliphatic carbocycles. The number of aryl methyl sites for hydroxylation is 2. The normalized spacial score (nSPS) is 15.2. The van der Waals surface area contributed by atoms with E-state index in [1.165, 1.54) is 17.0 Å². The van der Waals surface area contributed by atoms with Crippen molar-refractivity contribution in [3.63, 3.8) is 0 Å². The summed E-state index contributed by atoms with van der Waals surface area (Å²) < 4.78 is 37.2. The molecule has 31 heavy (non-hydrogen) atoms. The molecule has 0 bridgehead atoms. The zero-order valence-electron chi connectivity index (χ0n) is 16.9. The molecule has 2 aromatic heterocycles. The van der Waals surface area contributed by atoms with Crippen molar-refractivity contribution in [2.24, 2.45) is 0 Å². The van der Waals surface area contributed by atoms with E-state index in [4.69, 9.17) is 0 Å². The monoisotopic (exact) mass is 468 g/mol. The zero-order valence-corrected chi connectivity index (χ0v) is 18.5. The van der Waals surface area contributed by atoms with Crippen molar-refractivity contribution in [3.05, 3.63) is 45.9 Å². The minimum absolute atomic E-state index is 0.126. The minimum atomic E-state index is -4.97. The Morgan fingerprint density at radius 2 is 1.97 bits per heavy atom. The molecule has 0 fully saturated rings. The van der Waals surface area contributed by atoms with E-state index in [0.717, 1.165) is 21.5 Å². The molecule has 4 rings (SSSR count). The average Bonchev–Trinajstić information content (AvgIpc) is 3.43. The highest BCUT2D eigenvalue weighted by Crippen LogP contribution is 2.35. The van der Waals surface area contributed by atoms with Gasteiger partial charge < -0.3 is 10.1 Å². The number of aldehydes is 1. The highest BCUT2D eigenvalue weighted by Gasteiger charge is 2.47. The Labute approximate surface area is 184 Å². The maximum absolute atomic E-state index is 12.4. The number of alkyl halides is 3. The molecule has 6 nitrogen and oxygen atoms in total. The van der Waals surface area contributed by atoms with Crippen LogP contribution in [0, 0.1) is 13.8 Å². The number of nitrogens with zero attached hydrogens (tertiary/aromatic N) is 3. The van der Waals surface area contributed by atoms with E-state index in [-0.39, 0.29) is 12.1 Å². The lowest BCUT2D eigenvalue weighted by Gasteiger charge is -2.22. The second-order valence-corrected chi connectivity index (χ2v) is 8.71. The van der Waals surface area contributed by atoms with Gasteiger partial charge in [-0.1, -0.05) is 18.2 Å². The average molecular weight is 469 g/mol. The van der Waals surface area contributed by atoms with Crippen molar-refractivity contribution in [1.82, 2.24) is 9.97 Å². The molecule has 1 unspecified atom stereocenters. The fourth-order valence-corrected chi connectivity index (χ4v) is 4.80. The van der Waals surface area contributed by atoms with E-state index < -0.39 is 18.1 Å². The van der Waals surface area contributed by atoms with Crippen molar-refractivity contribution >= 4 is 45.7 Å². The van der Waals surface area contributed by atoms with Crippen LogP contribution in [0.15, 0.2) is 29.6 Å². The number of aromatic nitrogens is 2. The Bertz CT molecular complexity index is 1090. The molecule has 1 aromatic carbocycles. The molecule has 0 radical (unpaired) electrons. The standard InChI is InChI=1S/C11H8F3NO2.C9H11N3S2/c12-11(13,14)10(17)15-8(6-16)5-7-3-1-2-4-9(7)15;1-5-8(14-6(2)11-5)7-4-13-9(10-3)12-7/h1-4,6,8H,5H2;4H,1-3H3,(H,10,12). The van der Waals surface area contributed by atoms with E-state index in [2.05, 4.69) is 20.7 Å². The summed E-state index contributed by atoms with van der Waals surface area (Å²) in [4.78, 5) is 32.5. The van der Waals surface area contributed by atoms with Crippen molar-refractivity contribution < 1.29 is 22.8 Å². The van der Waals surface area contributed by atoms with Crippen molar-refractivity contribution in [2.45, 2.75) is 32.5 Å². The Kier molecular flexibility index (Phi) is 6.75. The third kappa shape index (κ3) is 4.93. The molecule has 0 saturated carbocycles. The highest BCUT2D eigenvalue weighted by atomic mass is 32.1. The van der Waals surface area contributed by atoms with Gasteiger partial charge in [-0.3, -0.25) is 9.69 Å². The van der Waals surface area contributed by atoms with E-state index in [0.29, 0.717) is 16.7 Å². The molecule has 164 valence electrons. The Morgan fingerprint density at radius 1 is 1.26 bits per heavy atom. The first-order valence-corrected chi connectivity index (χ1v) is 10.9. The largest absolute Gasteiger partial charge is 0.471 e. The SMILES string of the molecule is CNc1nc(-c2sc(C)nc2C)cs1.O=CC1Cc2ccccc2N1C(=O)C(F)(F)F. The molecule has 1 aliphatic rings. The maximum atomic E-state index is 12.4. The topological polar surface area (TPSA) is 75.2 Å². The predicted octanol–water partition coefficient (Wildman–Crippen LogP) is 4.63. The van der Waals surface area contributed by atoms with Crippen LogP contribution in [0.25, 0.3) is 10.6 Å². The number of rotatable bonds is 3. The van der Waals surface area contributed by atoms with Gasteiger partial charge in [0.05, 0.1) is 27.3 Å². The molecule has 3 heterocycles. The first-order chi connectivity index (χ1) is 14.7. The number of amides is 1. The number of halogens is 3. The van der Waals surface area contributed by atoms with E-state index in [1.807, 2.05) is 20.9 Å². The van der Waals surface area contributed by atoms with Crippen LogP contribution in [-0.2, 0) is 16.0 Å². The zero-order chi connectivity index (χ0) is 22.8. The molecule has 0 saturated heterocycles. The number of anilines is 2. The van der Waals surface area contributed by atoms with Gasteiger partial charge in [-0.25, -0.2) is 9.97 Å². The van der Waals surface area contributed by atoms with Gasteiger partial charge in [0.1, 0.15) is 6.29 Å². The molecule has 1 aliphatic heterocycles. The van der Waals surface area contributed by atoms with Crippen LogP contribution in [0.2, 0.25) is 0 Å². The third-order valence-corrected chi connectivity index (χ3v) is 6.44. The number of nitrogens with one attached hydrogen (secondary N) is 1. The van der Waals surface area contributed by atoms with Gasteiger partial charge in [0, 0.05) is 24.5 Å². The van der Waals surface area contributed by atoms with Crippen LogP contribution >= 0.6 is 22.7 Å². The number of carbonyl (C=O) groups is 2. The summed E-state index contributed by atoms with van der Waals surface area (Å²) in [5.74, 6) is -2.00. The Morgan fingerprint density at radius 3 is 2.52 bits per heavy atom. The van der Waals surface area contributed by atoms with Crippen LogP contribution in [0.4, 0.5) is 24.0 Å². The quantitative estimate of drug-likeness (QED) is 0.568. The van der Waals surface area contributed by atoms with Crippen LogP contribution in [0.1, 0.15) is 16.3 Å². The van der Waals surface area contributed by atoms with Gasteiger partial charge in [-0.05, 0) is 25.5 Å². The molecule has 11 heteroatoms. The van der Waals surface area contributed by atoms with Crippen molar-refractivity contribution in [2.75, 3.05) is 17.3 Å². The summed E-state index contributed by atoms with van der Waals surface area (Å²) in [7, 11) is 1.88. The van der Waals surface area contributed by atoms with Gasteiger partial charge in [0.25, 0.3) is 0 Å². The number of para-hydroxylation sites is 1. The summed E-state index contributed by atoms with van der Waals surface area (Å²) in [6.07, 6.45) is -4.48. The summed E-state index contributed by atoms with van der Waals surface area (Å²) in [6.45, 7) is 4.05. The lowest BCUT2D eigenvalue weighted by atomic mass is 10.1. The first-order valence-electron chi connectivity index (χ1n) is 9.17. The van der Waals surface area contributed by atoms with E-state index in [1.54, 1.807) is 34.8 Å². The van der Waals surface area contributed by atoms with Crippen LogP contribution in [0.3, 0.4) is 0 Å². The Balaban J connectivity index is 0.000000179. The number of thiazole rings is 2.